The first-order valence-electron chi connectivity index (χ1n) is 7.49. The van der Waals surface area contributed by atoms with Crippen molar-refractivity contribution in [2.75, 3.05) is 13.1 Å². The van der Waals surface area contributed by atoms with E-state index in [0.29, 0.717) is 36.5 Å². The second-order valence-corrected chi connectivity index (χ2v) is 5.86. The summed E-state index contributed by atoms with van der Waals surface area (Å²) in [5.41, 5.74) is 0. The third-order valence-corrected chi connectivity index (χ3v) is 4.36. The minimum atomic E-state index is -0.158. The van der Waals surface area contributed by atoms with Crippen molar-refractivity contribution in [2.45, 2.75) is 32.0 Å². The monoisotopic (exact) mass is 303 g/mol. The fraction of sp³-hybridized carbons (Fsp3) is 0.533. The summed E-state index contributed by atoms with van der Waals surface area (Å²) in [5, 5.41) is 3.81. The highest BCUT2D eigenvalue weighted by Crippen LogP contribution is 2.40. The molecule has 0 aromatic carbocycles. The van der Waals surface area contributed by atoms with Gasteiger partial charge < -0.3 is 18.6 Å². The third-order valence-electron chi connectivity index (χ3n) is 4.36. The zero-order valence-corrected chi connectivity index (χ0v) is 12.3. The lowest BCUT2D eigenvalue weighted by Crippen LogP contribution is -2.44. The first kappa shape index (κ1) is 13.5. The van der Waals surface area contributed by atoms with E-state index in [4.69, 9.17) is 13.7 Å². The molecule has 2 aliphatic rings. The number of carbonyl (C=O) groups is 1. The Morgan fingerprint density at radius 3 is 3.09 bits per heavy atom. The van der Waals surface area contributed by atoms with Crippen LogP contribution in [0.3, 0.4) is 0 Å². The summed E-state index contributed by atoms with van der Waals surface area (Å²) in [6, 6.07) is 3.43. The van der Waals surface area contributed by atoms with Crippen LogP contribution < -0.4 is 0 Å². The molecule has 22 heavy (non-hydrogen) atoms. The zero-order valence-electron chi connectivity index (χ0n) is 12.3. The number of hydrogen-bond acceptors (Lipinski definition) is 6. The van der Waals surface area contributed by atoms with Crippen LogP contribution >= 0.6 is 0 Å². The lowest BCUT2D eigenvalue weighted by atomic mass is 9.92. The predicted octanol–water partition coefficient (Wildman–Crippen LogP) is 1.96. The minimum absolute atomic E-state index is 0.0551. The normalized spacial score (nSPS) is 27.9. The van der Waals surface area contributed by atoms with Crippen LogP contribution in [0.2, 0.25) is 0 Å². The van der Waals surface area contributed by atoms with Crippen LogP contribution in [0.15, 0.2) is 27.3 Å². The number of furan rings is 1. The molecule has 2 aromatic rings. The second-order valence-electron chi connectivity index (χ2n) is 5.86. The van der Waals surface area contributed by atoms with Gasteiger partial charge in [-0.1, -0.05) is 5.16 Å². The maximum absolute atomic E-state index is 12.4. The smallest absolute Gasteiger partial charge is 0.289 e. The molecule has 0 bridgehead atoms. The van der Waals surface area contributed by atoms with Crippen LogP contribution in [0.1, 0.15) is 41.2 Å². The molecule has 2 aliphatic heterocycles. The van der Waals surface area contributed by atoms with E-state index in [-0.39, 0.29) is 18.1 Å². The van der Waals surface area contributed by atoms with Gasteiger partial charge in [0.25, 0.3) is 11.8 Å². The highest BCUT2D eigenvalue weighted by molar-refractivity contribution is 5.91. The van der Waals surface area contributed by atoms with Gasteiger partial charge in [-0.25, -0.2) is 0 Å². The molecule has 0 spiro atoms. The van der Waals surface area contributed by atoms with E-state index in [9.17, 15) is 4.79 Å². The molecule has 7 nitrogen and oxygen atoms in total. The minimum Gasteiger partial charge on any atom is -0.459 e. The number of ether oxygens (including phenoxy) is 1. The molecule has 0 aliphatic carbocycles. The molecule has 0 radical (unpaired) electrons. The Hall–Kier alpha value is -2.15. The zero-order chi connectivity index (χ0) is 15.1. The van der Waals surface area contributed by atoms with Gasteiger partial charge in [0, 0.05) is 19.0 Å². The van der Waals surface area contributed by atoms with E-state index in [2.05, 4.69) is 10.1 Å². The molecule has 2 aromatic heterocycles. The molecule has 2 saturated heterocycles. The van der Waals surface area contributed by atoms with E-state index in [1.54, 1.807) is 19.1 Å². The second kappa shape index (κ2) is 5.24. The van der Waals surface area contributed by atoms with Crippen LogP contribution in [0, 0.1) is 12.8 Å². The van der Waals surface area contributed by atoms with Gasteiger partial charge in [-0.05, 0) is 31.9 Å². The van der Waals surface area contributed by atoms with E-state index in [0.717, 1.165) is 12.8 Å². The van der Waals surface area contributed by atoms with Gasteiger partial charge >= 0.3 is 0 Å². The number of carbonyl (C=O) groups excluding carboxylic acids is 1. The summed E-state index contributed by atoms with van der Waals surface area (Å²) in [7, 11) is 0. The Morgan fingerprint density at radius 2 is 2.36 bits per heavy atom. The summed E-state index contributed by atoms with van der Waals surface area (Å²) in [6.07, 6.45) is 3.13. The molecular formula is C15H17N3O4. The van der Waals surface area contributed by atoms with E-state index < -0.39 is 0 Å². The highest BCUT2D eigenvalue weighted by Gasteiger charge is 2.42. The van der Waals surface area contributed by atoms with Gasteiger partial charge in [-0.2, -0.15) is 4.98 Å². The quantitative estimate of drug-likeness (QED) is 0.843. The Bertz CT molecular complexity index is 666. The summed E-state index contributed by atoms with van der Waals surface area (Å²) in [4.78, 5) is 18.4. The largest absolute Gasteiger partial charge is 0.459 e. The molecule has 0 saturated carbocycles. The number of likely N-dealkylation sites (tertiary alicyclic amines) is 1. The average molecular weight is 303 g/mol. The Labute approximate surface area is 127 Å². The molecule has 116 valence electrons. The van der Waals surface area contributed by atoms with Crippen molar-refractivity contribution in [2.24, 2.45) is 5.92 Å². The van der Waals surface area contributed by atoms with Crippen molar-refractivity contribution < 1.29 is 18.5 Å². The van der Waals surface area contributed by atoms with Gasteiger partial charge in [0.05, 0.1) is 12.4 Å². The van der Waals surface area contributed by atoms with Gasteiger partial charge in [-0.3, -0.25) is 4.79 Å². The number of nitrogens with zero attached hydrogens (tertiary/aromatic N) is 3. The van der Waals surface area contributed by atoms with Crippen LogP contribution in [-0.2, 0) is 4.74 Å². The van der Waals surface area contributed by atoms with Crippen molar-refractivity contribution in [1.82, 2.24) is 15.0 Å². The molecule has 7 heteroatoms. The fourth-order valence-corrected chi connectivity index (χ4v) is 3.30. The number of aryl methyl sites for hydroxylation is 1. The van der Waals surface area contributed by atoms with E-state index in [1.807, 2.05) is 4.90 Å². The predicted molar refractivity (Wildman–Crippen MR) is 74.0 cm³/mol. The van der Waals surface area contributed by atoms with Crippen molar-refractivity contribution >= 4 is 5.91 Å². The number of piperidine rings is 1. The maximum atomic E-state index is 12.4. The molecule has 0 N–H and O–H groups in total. The van der Waals surface area contributed by atoms with Crippen LogP contribution in [-0.4, -0.2) is 40.1 Å². The maximum Gasteiger partial charge on any atom is 0.289 e. The number of fused-ring (bicyclic) bond motifs is 1. The van der Waals surface area contributed by atoms with Crippen LogP contribution in [0.25, 0.3) is 0 Å². The van der Waals surface area contributed by atoms with Crippen molar-refractivity contribution in [3.8, 4) is 0 Å². The molecule has 3 atom stereocenters. The number of aromatic nitrogens is 2. The van der Waals surface area contributed by atoms with E-state index in [1.165, 1.54) is 6.26 Å². The molecule has 4 heterocycles. The number of amides is 1. The standard InChI is InChI=1S/C15H17N3O4/c1-9-16-14(22-17-9)13-7-10-8-18(5-4-11(10)21-13)15(19)12-3-2-6-20-12/h2-3,6,10-11,13H,4-5,7-8H2,1H3/t10-,11-,13+/m1/s1. The van der Waals surface area contributed by atoms with Crippen LogP contribution in [0.4, 0.5) is 0 Å². The van der Waals surface area contributed by atoms with Crippen molar-refractivity contribution in [3.63, 3.8) is 0 Å². The summed E-state index contributed by atoms with van der Waals surface area (Å²) in [6.45, 7) is 3.14. The number of rotatable bonds is 2. The lowest BCUT2D eigenvalue weighted by Gasteiger charge is -2.33. The van der Waals surface area contributed by atoms with Gasteiger partial charge in [-0.15, -0.1) is 0 Å². The van der Waals surface area contributed by atoms with Gasteiger partial charge in [0.2, 0.25) is 0 Å². The summed E-state index contributed by atoms with van der Waals surface area (Å²) < 4.78 is 16.4. The summed E-state index contributed by atoms with van der Waals surface area (Å²) in [5.74, 6) is 1.78. The first-order valence-corrected chi connectivity index (χ1v) is 7.49. The lowest BCUT2D eigenvalue weighted by molar-refractivity contribution is -0.00825. The molecule has 2 fully saturated rings. The highest BCUT2D eigenvalue weighted by atomic mass is 16.5. The SMILES string of the molecule is Cc1noc([C@@H]2C[C@@H]3CN(C(=O)c4ccco4)CC[C@H]3O2)n1. The molecule has 1 amide bonds. The molecular weight excluding hydrogens is 286 g/mol. The Morgan fingerprint density at radius 1 is 1.45 bits per heavy atom. The van der Waals surface area contributed by atoms with Crippen LogP contribution in [0.5, 0.6) is 0 Å². The Kier molecular flexibility index (Phi) is 3.22. The molecule has 0 unspecified atom stereocenters. The molecule has 4 rings (SSSR count). The first-order chi connectivity index (χ1) is 10.7. The van der Waals surface area contributed by atoms with Crippen molar-refractivity contribution in [1.29, 1.82) is 0 Å². The topological polar surface area (TPSA) is 81.6 Å². The van der Waals surface area contributed by atoms with E-state index >= 15 is 0 Å². The third kappa shape index (κ3) is 2.31. The number of hydrogen-bond donors (Lipinski definition) is 0. The average Bonchev–Trinajstić information content (AvgIpc) is 3.25. The fourth-order valence-electron chi connectivity index (χ4n) is 3.30. The summed E-state index contributed by atoms with van der Waals surface area (Å²) >= 11 is 0. The van der Waals surface area contributed by atoms with Gasteiger partial charge in [0.15, 0.2) is 11.6 Å². The Balaban J connectivity index is 1.44. The van der Waals surface area contributed by atoms with Gasteiger partial charge in [0.1, 0.15) is 6.10 Å². The van der Waals surface area contributed by atoms with Crippen molar-refractivity contribution in [3.05, 3.63) is 35.9 Å².